The van der Waals surface area contributed by atoms with Gasteiger partial charge >= 0.3 is 11.9 Å². The molecule has 5 heterocycles. The molecule has 11 heteroatoms. The molecule has 0 aromatic carbocycles. The Hall–Kier alpha value is -1.79. The van der Waals surface area contributed by atoms with Gasteiger partial charge < -0.3 is 29.3 Å². The van der Waals surface area contributed by atoms with Crippen molar-refractivity contribution in [2.45, 2.75) is 102 Å². The Bertz CT molecular complexity index is 882. The molecule has 0 aromatic rings. The monoisotopic (exact) mass is 497 g/mol. The van der Waals surface area contributed by atoms with Crippen molar-refractivity contribution in [3.63, 3.8) is 0 Å². The van der Waals surface area contributed by atoms with E-state index in [1.54, 1.807) is 0 Å². The molecule has 6 aliphatic rings. The molecule has 6 rings (SSSR count). The van der Waals surface area contributed by atoms with E-state index in [0.29, 0.717) is 12.3 Å². The predicted molar refractivity (Wildman–Crippen MR) is 116 cm³/mol. The summed E-state index contributed by atoms with van der Waals surface area (Å²) < 4.78 is 18.2. The number of aliphatic hydroxyl groups is 1. The number of aliphatic carboxylic acids is 1. The summed E-state index contributed by atoms with van der Waals surface area (Å²) in [7, 11) is 0. The highest BCUT2D eigenvalue weighted by atomic mass is 17.3. The van der Waals surface area contributed by atoms with Gasteiger partial charge in [-0.15, -0.1) is 0 Å². The lowest BCUT2D eigenvalue weighted by molar-refractivity contribution is -0.576. The maximum absolute atomic E-state index is 12.7. The number of β-amino-alcohol motifs (C(OH)–C–C–N with tert-alkyl or cyclic N) is 1. The molecule has 5 saturated heterocycles. The van der Waals surface area contributed by atoms with Crippen LogP contribution in [0, 0.1) is 23.7 Å². The SMILES string of the molecule is C[C@H]1[C@H](OC(=O)CCC(=O)N2C[C@H](O)C[C@@H]2C(=O)O)O[C@@H]2O[C@@]3(C)CC[C@H]4[C@H](C)CC[C@@H]1[C@]24OO3. The van der Waals surface area contributed by atoms with Crippen molar-refractivity contribution in [3.05, 3.63) is 0 Å². The van der Waals surface area contributed by atoms with Crippen molar-refractivity contribution in [3.8, 4) is 0 Å². The third kappa shape index (κ3) is 4.15. The molecule has 1 spiro atoms. The van der Waals surface area contributed by atoms with Crippen LogP contribution in [0.5, 0.6) is 0 Å². The fraction of sp³-hybridized carbons (Fsp3) is 0.875. The molecular formula is C24H35NO10. The average molecular weight is 498 g/mol. The zero-order valence-electron chi connectivity index (χ0n) is 20.4. The summed E-state index contributed by atoms with van der Waals surface area (Å²) in [5, 5.41) is 19.1. The van der Waals surface area contributed by atoms with Crippen LogP contribution >= 0.6 is 0 Å². The van der Waals surface area contributed by atoms with Gasteiger partial charge in [-0.05, 0) is 38.0 Å². The molecule has 0 aromatic heterocycles. The minimum Gasteiger partial charge on any atom is -0.480 e. The lowest BCUT2D eigenvalue weighted by Crippen LogP contribution is -2.70. The average Bonchev–Trinajstić information content (AvgIpc) is 3.06. The highest BCUT2D eigenvalue weighted by molar-refractivity contribution is 5.86. The highest BCUT2D eigenvalue weighted by Gasteiger charge is 2.69. The van der Waals surface area contributed by atoms with E-state index in [4.69, 9.17) is 24.0 Å². The van der Waals surface area contributed by atoms with Crippen LogP contribution in [0.25, 0.3) is 0 Å². The minimum absolute atomic E-state index is 0.00643. The molecule has 35 heavy (non-hydrogen) atoms. The number of carbonyl (C=O) groups excluding carboxylic acids is 2. The highest BCUT2D eigenvalue weighted by Crippen LogP contribution is 2.60. The Labute approximate surface area is 203 Å². The van der Waals surface area contributed by atoms with Crippen LogP contribution in [0.1, 0.15) is 65.7 Å². The van der Waals surface area contributed by atoms with Crippen molar-refractivity contribution in [1.29, 1.82) is 0 Å². The van der Waals surface area contributed by atoms with Crippen LogP contribution < -0.4 is 0 Å². The number of hydrogen-bond acceptors (Lipinski definition) is 9. The second kappa shape index (κ2) is 8.95. The number of esters is 1. The molecular weight excluding hydrogens is 462 g/mol. The molecule has 2 N–H and O–H groups in total. The summed E-state index contributed by atoms with van der Waals surface area (Å²) in [6.45, 7) is 5.96. The van der Waals surface area contributed by atoms with Crippen LogP contribution in [-0.2, 0) is 38.4 Å². The summed E-state index contributed by atoms with van der Waals surface area (Å²) in [5.41, 5.74) is -0.756. The Kier molecular flexibility index (Phi) is 6.36. The topological polar surface area (TPSA) is 141 Å². The molecule has 196 valence electrons. The van der Waals surface area contributed by atoms with E-state index in [2.05, 4.69) is 6.92 Å². The number of amides is 1. The number of rotatable bonds is 5. The first-order valence-electron chi connectivity index (χ1n) is 12.6. The second-order valence-electron chi connectivity index (χ2n) is 11.1. The van der Waals surface area contributed by atoms with Crippen molar-refractivity contribution in [2.75, 3.05) is 6.54 Å². The molecule has 0 radical (unpaired) electrons. The standard InChI is InChI=1S/C24H35NO10/c1-12-4-5-16-13(2)21(32-22-24(16)15(12)8-9-23(3,33-22)34-35-24)31-19(28)7-6-18(27)25-11-14(26)10-17(25)20(29)30/h12-17,21-22,26H,4-11H2,1-3H3,(H,29,30)/t12-,13-,14-,15+,16+,17-,21-,22-,23-,24+/m1/s1. The number of fused-ring (bicyclic) bond motifs is 2. The molecule has 6 fully saturated rings. The molecule has 0 unspecified atom stereocenters. The van der Waals surface area contributed by atoms with Crippen molar-refractivity contribution >= 4 is 17.8 Å². The molecule has 1 saturated carbocycles. The smallest absolute Gasteiger partial charge is 0.326 e. The van der Waals surface area contributed by atoms with Gasteiger partial charge in [0.1, 0.15) is 6.04 Å². The van der Waals surface area contributed by atoms with Crippen LogP contribution in [0.15, 0.2) is 0 Å². The Balaban J connectivity index is 1.24. The molecule has 11 nitrogen and oxygen atoms in total. The van der Waals surface area contributed by atoms with Crippen molar-refractivity contribution < 1.29 is 48.6 Å². The van der Waals surface area contributed by atoms with Gasteiger partial charge in [-0.25, -0.2) is 14.6 Å². The summed E-state index contributed by atoms with van der Waals surface area (Å²) in [6.07, 6.45) is 0.530. The second-order valence-corrected chi connectivity index (χ2v) is 11.1. The summed E-state index contributed by atoms with van der Waals surface area (Å²) in [6, 6.07) is -1.08. The molecule has 10 atom stereocenters. The number of ether oxygens (including phenoxy) is 3. The van der Waals surface area contributed by atoms with E-state index >= 15 is 0 Å². The zero-order valence-corrected chi connectivity index (χ0v) is 20.4. The summed E-state index contributed by atoms with van der Waals surface area (Å²) >= 11 is 0. The van der Waals surface area contributed by atoms with Gasteiger partial charge in [-0.1, -0.05) is 13.8 Å². The van der Waals surface area contributed by atoms with E-state index in [9.17, 15) is 24.6 Å². The normalized spacial score (nSPS) is 46.6. The van der Waals surface area contributed by atoms with E-state index < -0.39 is 54.0 Å². The maximum Gasteiger partial charge on any atom is 0.326 e. The van der Waals surface area contributed by atoms with Crippen LogP contribution in [-0.4, -0.2) is 75.6 Å². The third-order valence-corrected chi connectivity index (χ3v) is 8.77. The molecule has 2 bridgehead atoms. The lowest BCUT2D eigenvalue weighted by atomic mass is 9.58. The van der Waals surface area contributed by atoms with Gasteiger partial charge in [0, 0.05) is 37.6 Å². The Morgan fingerprint density at radius 1 is 1.09 bits per heavy atom. The number of hydrogen-bond donors (Lipinski definition) is 2. The first-order chi connectivity index (χ1) is 16.5. The van der Waals surface area contributed by atoms with Crippen molar-refractivity contribution in [1.82, 2.24) is 4.90 Å². The number of likely N-dealkylation sites (tertiary alicyclic amines) is 1. The van der Waals surface area contributed by atoms with Gasteiger partial charge in [-0.2, -0.15) is 0 Å². The fourth-order valence-corrected chi connectivity index (χ4v) is 6.87. The number of aliphatic hydroxyl groups excluding tert-OH is 1. The first kappa shape index (κ1) is 24.9. The lowest BCUT2D eigenvalue weighted by Gasteiger charge is -2.59. The minimum atomic E-state index is -1.17. The van der Waals surface area contributed by atoms with Crippen LogP contribution in [0.3, 0.4) is 0 Å². The number of nitrogens with zero attached hydrogens (tertiary/aromatic N) is 1. The van der Waals surface area contributed by atoms with Crippen LogP contribution in [0.2, 0.25) is 0 Å². The fourth-order valence-electron chi connectivity index (χ4n) is 6.87. The van der Waals surface area contributed by atoms with E-state index in [1.807, 2.05) is 13.8 Å². The summed E-state index contributed by atoms with van der Waals surface area (Å²) in [5.74, 6) is -2.78. The molecule has 5 aliphatic heterocycles. The zero-order chi connectivity index (χ0) is 25.1. The quantitative estimate of drug-likeness (QED) is 0.425. The van der Waals surface area contributed by atoms with E-state index in [-0.39, 0.29) is 43.6 Å². The van der Waals surface area contributed by atoms with Gasteiger partial charge in [0.05, 0.1) is 12.5 Å². The van der Waals surface area contributed by atoms with Gasteiger partial charge in [0.2, 0.25) is 18.0 Å². The van der Waals surface area contributed by atoms with Crippen LogP contribution in [0.4, 0.5) is 0 Å². The predicted octanol–water partition coefficient (Wildman–Crippen LogP) is 1.56. The largest absolute Gasteiger partial charge is 0.480 e. The number of carboxylic acids is 1. The maximum atomic E-state index is 12.7. The molecule has 1 aliphatic carbocycles. The first-order valence-corrected chi connectivity index (χ1v) is 12.6. The van der Waals surface area contributed by atoms with E-state index in [0.717, 1.165) is 24.2 Å². The van der Waals surface area contributed by atoms with Crippen molar-refractivity contribution in [2.24, 2.45) is 23.7 Å². The number of carboxylic acid groups (broad SMARTS) is 1. The van der Waals surface area contributed by atoms with Gasteiger partial charge in [0.15, 0.2) is 11.9 Å². The molecule has 1 amide bonds. The van der Waals surface area contributed by atoms with Gasteiger partial charge in [-0.3, -0.25) is 9.59 Å². The van der Waals surface area contributed by atoms with E-state index in [1.165, 1.54) is 0 Å². The Morgan fingerprint density at radius 3 is 2.60 bits per heavy atom. The van der Waals surface area contributed by atoms with Gasteiger partial charge in [0.25, 0.3) is 0 Å². The number of carbonyl (C=O) groups is 3. The third-order valence-electron chi connectivity index (χ3n) is 8.77. The summed E-state index contributed by atoms with van der Waals surface area (Å²) in [4.78, 5) is 49.6. The Morgan fingerprint density at radius 2 is 1.86 bits per heavy atom.